The summed E-state index contributed by atoms with van der Waals surface area (Å²) in [7, 11) is 0. The van der Waals surface area contributed by atoms with Crippen molar-refractivity contribution in [3.63, 3.8) is 0 Å². The molecule has 0 aromatic carbocycles. The Labute approximate surface area is 162 Å². The van der Waals surface area contributed by atoms with Crippen molar-refractivity contribution in [2.75, 3.05) is 25.1 Å². The fourth-order valence-corrected chi connectivity index (χ4v) is 3.51. The zero-order valence-electron chi connectivity index (χ0n) is 15.1. The summed E-state index contributed by atoms with van der Waals surface area (Å²) in [5, 5.41) is 3.42. The Bertz CT molecular complexity index is 840. The molecule has 0 saturated carbocycles. The van der Waals surface area contributed by atoms with Gasteiger partial charge in [0.2, 0.25) is 0 Å². The molecule has 0 unspecified atom stereocenters. The van der Waals surface area contributed by atoms with Gasteiger partial charge < -0.3 is 15.8 Å². The molecule has 2 aromatic heterocycles. The Morgan fingerprint density at radius 1 is 1.44 bits per heavy atom. The van der Waals surface area contributed by atoms with Crippen LogP contribution in [0.5, 0.6) is 0 Å². The molecule has 2 aromatic rings. The van der Waals surface area contributed by atoms with Crippen molar-refractivity contribution in [3.05, 3.63) is 40.9 Å². The quantitative estimate of drug-likeness (QED) is 0.783. The SMILES string of the molecule is CCC1(CNc2nc(-c3ccncc3Cl)c(C(N)=O)cc2F)CCOCC1. The van der Waals surface area contributed by atoms with Gasteiger partial charge >= 0.3 is 0 Å². The van der Waals surface area contributed by atoms with E-state index in [9.17, 15) is 9.18 Å². The standard InChI is InChI=1S/C19H22ClFN4O2/c1-2-19(4-7-27-8-5-19)11-24-18-15(21)9-13(17(22)26)16(25-18)12-3-6-23-10-14(12)20/h3,6,9-10H,2,4-5,7-8,11H2,1H3,(H2,22,26)(H,24,25). The molecule has 27 heavy (non-hydrogen) atoms. The Balaban J connectivity index is 1.95. The van der Waals surface area contributed by atoms with Gasteiger partial charge in [0, 0.05) is 37.7 Å². The number of carbonyl (C=O) groups is 1. The Morgan fingerprint density at radius 3 is 2.81 bits per heavy atom. The van der Waals surface area contributed by atoms with Gasteiger partial charge in [-0.2, -0.15) is 0 Å². The van der Waals surface area contributed by atoms with E-state index in [1.54, 1.807) is 6.07 Å². The molecule has 1 saturated heterocycles. The Kier molecular flexibility index (Phi) is 5.92. The van der Waals surface area contributed by atoms with Gasteiger partial charge in [0.15, 0.2) is 11.6 Å². The first-order valence-corrected chi connectivity index (χ1v) is 9.25. The van der Waals surface area contributed by atoms with Gasteiger partial charge in [-0.25, -0.2) is 9.37 Å². The number of aromatic nitrogens is 2. The van der Waals surface area contributed by atoms with E-state index in [0.29, 0.717) is 30.3 Å². The number of halogens is 2. The lowest BCUT2D eigenvalue weighted by Crippen LogP contribution is -2.35. The number of hydrogen-bond donors (Lipinski definition) is 2. The third kappa shape index (κ3) is 4.20. The van der Waals surface area contributed by atoms with Crippen LogP contribution in [-0.4, -0.2) is 35.6 Å². The molecule has 3 N–H and O–H groups in total. The zero-order chi connectivity index (χ0) is 19.4. The summed E-state index contributed by atoms with van der Waals surface area (Å²) in [4.78, 5) is 20.1. The highest BCUT2D eigenvalue weighted by atomic mass is 35.5. The molecular formula is C19H22ClFN4O2. The van der Waals surface area contributed by atoms with E-state index in [2.05, 4.69) is 22.2 Å². The van der Waals surface area contributed by atoms with Crippen LogP contribution in [0, 0.1) is 11.2 Å². The van der Waals surface area contributed by atoms with Gasteiger partial charge in [-0.3, -0.25) is 9.78 Å². The number of hydrogen-bond acceptors (Lipinski definition) is 5. The number of carbonyl (C=O) groups excluding carboxylic acids is 1. The smallest absolute Gasteiger partial charge is 0.251 e. The van der Waals surface area contributed by atoms with Gasteiger partial charge in [-0.1, -0.05) is 18.5 Å². The van der Waals surface area contributed by atoms with Crippen LogP contribution in [-0.2, 0) is 4.74 Å². The van der Waals surface area contributed by atoms with Crippen molar-refractivity contribution < 1.29 is 13.9 Å². The molecule has 1 amide bonds. The summed E-state index contributed by atoms with van der Waals surface area (Å²) in [6.07, 6.45) is 5.72. The van der Waals surface area contributed by atoms with Gasteiger partial charge in [-0.15, -0.1) is 0 Å². The van der Waals surface area contributed by atoms with Crippen molar-refractivity contribution in [2.24, 2.45) is 11.1 Å². The lowest BCUT2D eigenvalue weighted by atomic mass is 9.78. The van der Waals surface area contributed by atoms with Crippen molar-refractivity contribution in [1.29, 1.82) is 0 Å². The summed E-state index contributed by atoms with van der Waals surface area (Å²) < 4.78 is 20.0. The summed E-state index contributed by atoms with van der Waals surface area (Å²) in [5.41, 5.74) is 6.13. The number of nitrogens with one attached hydrogen (secondary N) is 1. The Hall–Kier alpha value is -2.25. The van der Waals surface area contributed by atoms with E-state index in [-0.39, 0.29) is 22.5 Å². The first-order chi connectivity index (χ1) is 13.0. The predicted octanol–water partition coefficient (Wildman–Crippen LogP) is 3.65. The van der Waals surface area contributed by atoms with Crippen LogP contribution < -0.4 is 11.1 Å². The van der Waals surface area contributed by atoms with Crippen molar-refractivity contribution in [1.82, 2.24) is 9.97 Å². The van der Waals surface area contributed by atoms with E-state index < -0.39 is 11.7 Å². The largest absolute Gasteiger partial charge is 0.381 e. The molecule has 0 atom stereocenters. The lowest BCUT2D eigenvalue weighted by Gasteiger charge is -2.36. The molecule has 1 aliphatic heterocycles. The van der Waals surface area contributed by atoms with Crippen LogP contribution in [0.4, 0.5) is 10.2 Å². The van der Waals surface area contributed by atoms with Gasteiger partial charge in [0.25, 0.3) is 5.91 Å². The van der Waals surface area contributed by atoms with Crippen molar-refractivity contribution in [2.45, 2.75) is 26.2 Å². The lowest BCUT2D eigenvalue weighted by molar-refractivity contribution is 0.0191. The fourth-order valence-electron chi connectivity index (χ4n) is 3.30. The summed E-state index contributed by atoms with van der Waals surface area (Å²) >= 11 is 6.19. The van der Waals surface area contributed by atoms with Crippen LogP contribution in [0.3, 0.4) is 0 Å². The number of primary amides is 1. The third-order valence-corrected chi connectivity index (χ3v) is 5.50. The van der Waals surface area contributed by atoms with Crippen LogP contribution in [0.25, 0.3) is 11.3 Å². The molecule has 144 valence electrons. The minimum absolute atomic E-state index is 0.0255. The number of anilines is 1. The van der Waals surface area contributed by atoms with Crippen molar-refractivity contribution >= 4 is 23.3 Å². The van der Waals surface area contributed by atoms with Crippen LogP contribution in [0.2, 0.25) is 5.02 Å². The second-order valence-electron chi connectivity index (χ2n) is 6.75. The van der Waals surface area contributed by atoms with E-state index in [0.717, 1.165) is 25.3 Å². The molecule has 0 bridgehead atoms. The number of amides is 1. The minimum Gasteiger partial charge on any atom is -0.381 e. The summed E-state index contributed by atoms with van der Waals surface area (Å²) in [6, 6.07) is 2.72. The fraction of sp³-hybridized carbons (Fsp3) is 0.421. The minimum atomic E-state index is -0.773. The molecule has 0 spiro atoms. The molecule has 0 aliphatic carbocycles. The number of nitrogens with two attached hydrogens (primary N) is 1. The van der Waals surface area contributed by atoms with Crippen LogP contribution in [0.1, 0.15) is 36.5 Å². The topological polar surface area (TPSA) is 90.1 Å². The molecule has 3 rings (SSSR count). The maximum atomic E-state index is 14.6. The average Bonchev–Trinajstić information content (AvgIpc) is 2.68. The van der Waals surface area contributed by atoms with E-state index in [4.69, 9.17) is 22.1 Å². The van der Waals surface area contributed by atoms with E-state index in [1.807, 2.05) is 0 Å². The maximum absolute atomic E-state index is 14.6. The normalized spacial score (nSPS) is 16.1. The number of pyridine rings is 2. The highest BCUT2D eigenvalue weighted by molar-refractivity contribution is 6.33. The summed E-state index contributed by atoms with van der Waals surface area (Å²) in [6.45, 7) is 4.08. The van der Waals surface area contributed by atoms with E-state index in [1.165, 1.54) is 12.4 Å². The first-order valence-electron chi connectivity index (χ1n) is 8.87. The van der Waals surface area contributed by atoms with Gasteiger partial charge in [0.05, 0.1) is 16.3 Å². The van der Waals surface area contributed by atoms with E-state index >= 15 is 0 Å². The maximum Gasteiger partial charge on any atom is 0.251 e. The summed E-state index contributed by atoms with van der Waals surface area (Å²) in [5.74, 6) is -1.33. The zero-order valence-corrected chi connectivity index (χ0v) is 15.9. The molecule has 0 radical (unpaired) electrons. The molecule has 1 fully saturated rings. The first kappa shape index (κ1) is 19.5. The van der Waals surface area contributed by atoms with Crippen LogP contribution in [0.15, 0.2) is 24.5 Å². The average molecular weight is 393 g/mol. The highest BCUT2D eigenvalue weighted by Crippen LogP contribution is 2.35. The second kappa shape index (κ2) is 8.19. The Morgan fingerprint density at radius 2 is 2.19 bits per heavy atom. The second-order valence-corrected chi connectivity index (χ2v) is 7.16. The van der Waals surface area contributed by atoms with Gasteiger partial charge in [0.1, 0.15) is 0 Å². The molecular weight excluding hydrogens is 371 g/mol. The molecule has 8 heteroatoms. The number of ether oxygens (including phenoxy) is 1. The van der Waals surface area contributed by atoms with Crippen LogP contribution >= 0.6 is 11.6 Å². The predicted molar refractivity (Wildman–Crippen MR) is 102 cm³/mol. The highest BCUT2D eigenvalue weighted by Gasteiger charge is 2.31. The van der Waals surface area contributed by atoms with Crippen molar-refractivity contribution in [3.8, 4) is 11.3 Å². The molecule has 1 aliphatic rings. The third-order valence-electron chi connectivity index (χ3n) is 5.20. The monoisotopic (exact) mass is 392 g/mol. The molecule has 6 nitrogen and oxygen atoms in total. The number of rotatable bonds is 6. The van der Waals surface area contributed by atoms with Gasteiger partial charge in [-0.05, 0) is 36.8 Å². The molecule has 3 heterocycles. The number of nitrogens with zero attached hydrogens (tertiary/aromatic N) is 2.